The Morgan fingerprint density at radius 1 is 1.38 bits per heavy atom. The van der Waals surface area contributed by atoms with Gasteiger partial charge in [0.05, 0.1) is 6.10 Å². The standard InChI is InChI=1S/C12H14ClNO2/c13-7-8-1-3-9(4-2-8)12(16)14-10-5-11(15)6-10/h1-4,10-11,15H,5-7H2,(H,14,16). The van der Waals surface area contributed by atoms with Crippen LogP contribution in [0.5, 0.6) is 0 Å². The van der Waals surface area contributed by atoms with Crippen LogP contribution in [0.3, 0.4) is 0 Å². The van der Waals surface area contributed by atoms with Crippen LogP contribution in [-0.2, 0) is 5.88 Å². The monoisotopic (exact) mass is 239 g/mol. The molecule has 1 aromatic rings. The number of aliphatic hydroxyl groups excluding tert-OH is 1. The number of aliphatic hydroxyl groups is 1. The molecule has 0 heterocycles. The molecule has 4 heteroatoms. The predicted octanol–water partition coefficient (Wildman–Crippen LogP) is 1.68. The molecule has 1 saturated carbocycles. The third-order valence-corrected chi connectivity index (χ3v) is 3.13. The van der Waals surface area contributed by atoms with Gasteiger partial charge in [-0.3, -0.25) is 4.79 Å². The Morgan fingerprint density at radius 2 is 2.00 bits per heavy atom. The van der Waals surface area contributed by atoms with E-state index in [9.17, 15) is 4.79 Å². The second kappa shape index (κ2) is 4.85. The lowest BCUT2D eigenvalue weighted by atomic mass is 9.89. The van der Waals surface area contributed by atoms with Gasteiger partial charge in [0.15, 0.2) is 0 Å². The lowest BCUT2D eigenvalue weighted by Gasteiger charge is -2.31. The Balaban J connectivity index is 1.93. The minimum Gasteiger partial charge on any atom is -0.393 e. The number of carbonyl (C=O) groups excluding carboxylic acids is 1. The summed E-state index contributed by atoms with van der Waals surface area (Å²) in [5.74, 6) is 0.370. The maximum Gasteiger partial charge on any atom is 0.251 e. The molecule has 1 aromatic carbocycles. The fourth-order valence-electron chi connectivity index (χ4n) is 1.72. The van der Waals surface area contributed by atoms with E-state index in [2.05, 4.69) is 5.32 Å². The molecule has 1 aliphatic carbocycles. The van der Waals surface area contributed by atoms with Crippen molar-refractivity contribution in [2.45, 2.75) is 30.9 Å². The van der Waals surface area contributed by atoms with Gasteiger partial charge in [0, 0.05) is 17.5 Å². The number of carbonyl (C=O) groups is 1. The molecule has 1 amide bonds. The fraction of sp³-hybridized carbons (Fsp3) is 0.417. The van der Waals surface area contributed by atoms with E-state index in [4.69, 9.17) is 16.7 Å². The normalized spacial score (nSPS) is 23.6. The quantitative estimate of drug-likeness (QED) is 0.789. The first kappa shape index (κ1) is 11.4. The maximum absolute atomic E-state index is 11.7. The first-order chi connectivity index (χ1) is 7.69. The molecule has 86 valence electrons. The number of nitrogens with one attached hydrogen (secondary N) is 1. The summed E-state index contributed by atoms with van der Waals surface area (Å²) in [5, 5.41) is 12.0. The highest BCUT2D eigenvalue weighted by Gasteiger charge is 2.28. The molecule has 0 atom stereocenters. The molecule has 0 aromatic heterocycles. The van der Waals surface area contributed by atoms with Crippen molar-refractivity contribution >= 4 is 17.5 Å². The van der Waals surface area contributed by atoms with Crippen LogP contribution >= 0.6 is 11.6 Å². The largest absolute Gasteiger partial charge is 0.393 e. The highest BCUT2D eigenvalue weighted by Crippen LogP contribution is 2.19. The Kier molecular flexibility index (Phi) is 3.46. The summed E-state index contributed by atoms with van der Waals surface area (Å²) < 4.78 is 0. The first-order valence-electron chi connectivity index (χ1n) is 5.33. The summed E-state index contributed by atoms with van der Waals surface area (Å²) in [6, 6.07) is 7.34. The van der Waals surface area contributed by atoms with Crippen molar-refractivity contribution in [2.75, 3.05) is 0 Å². The molecule has 2 rings (SSSR count). The Hall–Kier alpha value is -1.06. The second-order valence-electron chi connectivity index (χ2n) is 4.13. The van der Waals surface area contributed by atoms with Crippen molar-refractivity contribution in [2.24, 2.45) is 0 Å². The van der Waals surface area contributed by atoms with Crippen LogP contribution in [0.15, 0.2) is 24.3 Å². The topological polar surface area (TPSA) is 49.3 Å². The lowest BCUT2D eigenvalue weighted by Crippen LogP contribution is -2.46. The van der Waals surface area contributed by atoms with E-state index in [1.54, 1.807) is 12.1 Å². The van der Waals surface area contributed by atoms with Gasteiger partial charge in [-0.2, -0.15) is 0 Å². The highest BCUT2D eigenvalue weighted by atomic mass is 35.5. The molecular formula is C12H14ClNO2. The van der Waals surface area contributed by atoms with Gasteiger partial charge < -0.3 is 10.4 Å². The summed E-state index contributed by atoms with van der Waals surface area (Å²) in [4.78, 5) is 11.7. The van der Waals surface area contributed by atoms with Crippen molar-refractivity contribution < 1.29 is 9.90 Å². The Morgan fingerprint density at radius 3 is 2.50 bits per heavy atom. The first-order valence-corrected chi connectivity index (χ1v) is 5.86. The van der Waals surface area contributed by atoms with Gasteiger partial charge in [0.1, 0.15) is 0 Å². The van der Waals surface area contributed by atoms with Crippen molar-refractivity contribution in [3.05, 3.63) is 35.4 Å². The molecule has 3 nitrogen and oxygen atoms in total. The minimum atomic E-state index is -0.246. The summed E-state index contributed by atoms with van der Waals surface area (Å²) in [7, 11) is 0. The number of rotatable bonds is 3. The van der Waals surface area contributed by atoms with Crippen molar-refractivity contribution in [1.29, 1.82) is 0 Å². The summed E-state index contributed by atoms with van der Waals surface area (Å²) in [6.07, 6.45) is 1.07. The zero-order valence-electron chi connectivity index (χ0n) is 8.82. The number of alkyl halides is 1. The van der Waals surface area contributed by atoms with Gasteiger partial charge in [-0.05, 0) is 30.5 Å². The number of hydrogen-bond donors (Lipinski definition) is 2. The van der Waals surface area contributed by atoms with Gasteiger partial charge in [0.25, 0.3) is 5.91 Å². The average molecular weight is 240 g/mol. The molecule has 0 bridgehead atoms. The van der Waals surface area contributed by atoms with E-state index in [0.717, 1.165) is 5.56 Å². The third kappa shape index (κ3) is 2.54. The van der Waals surface area contributed by atoms with Crippen molar-refractivity contribution in [1.82, 2.24) is 5.32 Å². The molecule has 0 saturated heterocycles. The van der Waals surface area contributed by atoms with E-state index >= 15 is 0 Å². The zero-order valence-corrected chi connectivity index (χ0v) is 9.57. The van der Waals surface area contributed by atoms with Crippen LogP contribution in [0, 0.1) is 0 Å². The molecule has 0 unspecified atom stereocenters. The van der Waals surface area contributed by atoms with Gasteiger partial charge >= 0.3 is 0 Å². The number of benzene rings is 1. The van der Waals surface area contributed by atoms with Gasteiger partial charge in [-0.25, -0.2) is 0 Å². The van der Waals surface area contributed by atoms with Crippen molar-refractivity contribution in [3.8, 4) is 0 Å². The highest BCUT2D eigenvalue weighted by molar-refractivity contribution is 6.17. The molecule has 2 N–H and O–H groups in total. The van der Waals surface area contributed by atoms with Crippen LogP contribution in [0.2, 0.25) is 0 Å². The predicted molar refractivity (Wildman–Crippen MR) is 62.5 cm³/mol. The van der Waals surface area contributed by atoms with E-state index in [1.807, 2.05) is 12.1 Å². The third-order valence-electron chi connectivity index (χ3n) is 2.82. The Bertz CT molecular complexity index is 371. The Labute approximate surface area is 99.4 Å². The lowest BCUT2D eigenvalue weighted by molar-refractivity contribution is 0.0562. The molecule has 16 heavy (non-hydrogen) atoms. The summed E-state index contributed by atoms with van der Waals surface area (Å²) in [6.45, 7) is 0. The van der Waals surface area contributed by atoms with Crippen LogP contribution < -0.4 is 5.32 Å². The van der Waals surface area contributed by atoms with Crippen LogP contribution in [0.25, 0.3) is 0 Å². The number of amides is 1. The van der Waals surface area contributed by atoms with Crippen molar-refractivity contribution in [3.63, 3.8) is 0 Å². The fourth-order valence-corrected chi connectivity index (χ4v) is 1.90. The summed E-state index contributed by atoms with van der Waals surface area (Å²) in [5.41, 5.74) is 1.63. The van der Waals surface area contributed by atoms with Crippen LogP contribution in [0.4, 0.5) is 0 Å². The van der Waals surface area contributed by atoms with Crippen LogP contribution in [0.1, 0.15) is 28.8 Å². The van der Waals surface area contributed by atoms with Gasteiger partial charge in [-0.15, -0.1) is 11.6 Å². The second-order valence-corrected chi connectivity index (χ2v) is 4.39. The van der Waals surface area contributed by atoms with Gasteiger partial charge in [0.2, 0.25) is 0 Å². The molecular weight excluding hydrogens is 226 g/mol. The average Bonchev–Trinajstić information content (AvgIpc) is 2.27. The SMILES string of the molecule is O=C(NC1CC(O)C1)c1ccc(CCl)cc1. The van der Waals surface area contributed by atoms with E-state index < -0.39 is 0 Å². The van der Waals surface area contributed by atoms with Gasteiger partial charge in [-0.1, -0.05) is 12.1 Å². The number of hydrogen-bond acceptors (Lipinski definition) is 2. The zero-order chi connectivity index (χ0) is 11.5. The van der Waals surface area contributed by atoms with E-state index in [-0.39, 0.29) is 18.1 Å². The smallest absolute Gasteiger partial charge is 0.251 e. The number of halogens is 1. The maximum atomic E-state index is 11.7. The molecule has 1 fully saturated rings. The van der Waals surface area contributed by atoms with E-state index in [0.29, 0.717) is 24.3 Å². The molecule has 0 aliphatic heterocycles. The molecule has 0 spiro atoms. The van der Waals surface area contributed by atoms with E-state index in [1.165, 1.54) is 0 Å². The summed E-state index contributed by atoms with van der Waals surface area (Å²) >= 11 is 5.66. The van der Waals surface area contributed by atoms with Crippen LogP contribution in [-0.4, -0.2) is 23.2 Å². The minimum absolute atomic E-state index is 0.0852. The molecule has 0 radical (unpaired) electrons. The molecule has 1 aliphatic rings.